The highest BCUT2D eigenvalue weighted by Gasteiger charge is 2.22. The first-order chi connectivity index (χ1) is 10.1. The Labute approximate surface area is 127 Å². The van der Waals surface area contributed by atoms with Crippen LogP contribution in [0.4, 0.5) is 8.78 Å². The van der Waals surface area contributed by atoms with Crippen LogP contribution in [-0.2, 0) is 0 Å². The van der Waals surface area contributed by atoms with E-state index < -0.39 is 11.6 Å². The molecule has 3 heteroatoms. The minimum atomic E-state index is -0.698. The molecule has 0 saturated heterocycles. The van der Waals surface area contributed by atoms with Gasteiger partial charge in [0, 0.05) is 11.6 Å². The smallest absolute Gasteiger partial charge is 0.163 e. The number of aryl methyl sites for hydroxylation is 1. The molecule has 1 nitrogen and oxygen atoms in total. The van der Waals surface area contributed by atoms with Crippen molar-refractivity contribution >= 4 is 0 Å². The molecule has 1 fully saturated rings. The van der Waals surface area contributed by atoms with Crippen molar-refractivity contribution in [1.82, 2.24) is 5.32 Å². The molecule has 0 spiro atoms. The normalized spacial score (nSPS) is 17.3. The Morgan fingerprint density at radius 1 is 1.19 bits per heavy atom. The highest BCUT2D eigenvalue weighted by atomic mass is 19.2. The zero-order valence-electron chi connectivity index (χ0n) is 13.2. The summed E-state index contributed by atoms with van der Waals surface area (Å²) in [4.78, 5) is 0. The zero-order chi connectivity index (χ0) is 15.2. The monoisotopic (exact) mass is 295 g/mol. The van der Waals surface area contributed by atoms with Crippen LogP contribution in [0.5, 0.6) is 0 Å². The minimum absolute atomic E-state index is 0.0688. The summed E-state index contributed by atoms with van der Waals surface area (Å²) in [5, 5.41) is 3.39. The molecule has 21 heavy (non-hydrogen) atoms. The Hall–Kier alpha value is -0.960. The largest absolute Gasteiger partial charge is 0.310 e. The number of nitrogens with one attached hydrogen (secondary N) is 1. The molecule has 0 bridgehead atoms. The molecule has 1 aromatic rings. The van der Waals surface area contributed by atoms with Gasteiger partial charge in [0.05, 0.1) is 0 Å². The Balaban J connectivity index is 2.08. The van der Waals surface area contributed by atoms with Gasteiger partial charge in [-0.25, -0.2) is 8.78 Å². The van der Waals surface area contributed by atoms with Crippen molar-refractivity contribution < 1.29 is 8.78 Å². The SMILES string of the molecule is CCCNC(CCC1CCCC1)c1ccc(C)c(F)c1F. The Morgan fingerprint density at radius 2 is 1.90 bits per heavy atom. The summed E-state index contributed by atoms with van der Waals surface area (Å²) >= 11 is 0. The van der Waals surface area contributed by atoms with Crippen molar-refractivity contribution in [2.24, 2.45) is 5.92 Å². The number of benzene rings is 1. The van der Waals surface area contributed by atoms with Gasteiger partial charge in [0.2, 0.25) is 0 Å². The Kier molecular flexibility index (Phi) is 6.16. The van der Waals surface area contributed by atoms with Crippen molar-refractivity contribution in [1.29, 1.82) is 0 Å². The third-order valence-corrected chi connectivity index (χ3v) is 4.66. The second-order valence-electron chi connectivity index (χ2n) is 6.33. The van der Waals surface area contributed by atoms with Gasteiger partial charge in [0.15, 0.2) is 11.6 Å². The van der Waals surface area contributed by atoms with Gasteiger partial charge in [0.1, 0.15) is 0 Å². The summed E-state index contributed by atoms with van der Waals surface area (Å²) in [5.74, 6) is -0.596. The summed E-state index contributed by atoms with van der Waals surface area (Å²) in [6, 6.07) is 3.36. The molecule has 0 aliphatic heterocycles. The quantitative estimate of drug-likeness (QED) is 0.721. The second-order valence-corrected chi connectivity index (χ2v) is 6.33. The molecule has 1 saturated carbocycles. The molecule has 1 aromatic carbocycles. The molecule has 1 N–H and O–H groups in total. The lowest BCUT2D eigenvalue weighted by molar-refractivity contribution is 0.395. The van der Waals surface area contributed by atoms with Crippen LogP contribution in [0.15, 0.2) is 12.1 Å². The van der Waals surface area contributed by atoms with E-state index in [0.29, 0.717) is 11.1 Å². The molecule has 1 aliphatic rings. The van der Waals surface area contributed by atoms with Gasteiger partial charge < -0.3 is 5.32 Å². The second kappa shape index (κ2) is 7.88. The van der Waals surface area contributed by atoms with Gasteiger partial charge in [-0.15, -0.1) is 0 Å². The van der Waals surface area contributed by atoms with Crippen LogP contribution < -0.4 is 5.32 Å². The number of rotatable bonds is 7. The standard InChI is InChI=1S/C18H27F2N/c1-3-12-21-16(11-9-14-6-4-5-7-14)15-10-8-13(2)17(19)18(15)20/h8,10,14,16,21H,3-7,9,11-12H2,1-2H3. The fraction of sp³-hybridized carbons (Fsp3) is 0.667. The third kappa shape index (κ3) is 4.26. The third-order valence-electron chi connectivity index (χ3n) is 4.66. The topological polar surface area (TPSA) is 12.0 Å². The van der Waals surface area contributed by atoms with Gasteiger partial charge in [-0.2, -0.15) is 0 Å². The van der Waals surface area contributed by atoms with E-state index in [0.717, 1.165) is 31.7 Å². The average molecular weight is 295 g/mol. The number of hydrogen-bond acceptors (Lipinski definition) is 1. The van der Waals surface area contributed by atoms with E-state index in [2.05, 4.69) is 12.2 Å². The van der Waals surface area contributed by atoms with E-state index in [4.69, 9.17) is 0 Å². The van der Waals surface area contributed by atoms with E-state index in [-0.39, 0.29) is 6.04 Å². The molecular formula is C18H27F2N. The number of halogens is 2. The Morgan fingerprint density at radius 3 is 2.57 bits per heavy atom. The molecule has 0 amide bonds. The summed E-state index contributed by atoms with van der Waals surface area (Å²) in [6.07, 6.45) is 8.24. The van der Waals surface area contributed by atoms with Crippen LogP contribution in [0.2, 0.25) is 0 Å². The lowest BCUT2D eigenvalue weighted by Crippen LogP contribution is -2.24. The van der Waals surface area contributed by atoms with Crippen LogP contribution in [0.1, 0.15) is 69.0 Å². The molecule has 0 heterocycles. The maximum Gasteiger partial charge on any atom is 0.163 e. The minimum Gasteiger partial charge on any atom is -0.310 e. The first-order valence-corrected chi connectivity index (χ1v) is 8.31. The van der Waals surface area contributed by atoms with Crippen molar-refractivity contribution in [3.05, 3.63) is 34.9 Å². The molecule has 0 aromatic heterocycles. The van der Waals surface area contributed by atoms with Crippen LogP contribution in [0.3, 0.4) is 0 Å². The van der Waals surface area contributed by atoms with E-state index in [1.807, 2.05) is 0 Å². The van der Waals surface area contributed by atoms with Crippen molar-refractivity contribution in [3.8, 4) is 0 Å². The first-order valence-electron chi connectivity index (χ1n) is 8.31. The van der Waals surface area contributed by atoms with Gasteiger partial charge in [-0.3, -0.25) is 0 Å². The molecule has 1 aliphatic carbocycles. The van der Waals surface area contributed by atoms with Crippen molar-refractivity contribution in [2.75, 3.05) is 6.54 Å². The molecular weight excluding hydrogens is 268 g/mol. The van der Waals surface area contributed by atoms with Gasteiger partial charge in [-0.1, -0.05) is 44.7 Å². The van der Waals surface area contributed by atoms with E-state index in [9.17, 15) is 8.78 Å². The number of hydrogen-bond donors (Lipinski definition) is 1. The zero-order valence-corrected chi connectivity index (χ0v) is 13.2. The van der Waals surface area contributed by atoms with Crippen LogP contribution in [0.25, 0.3) is 0 Å². The molecule has 1 unspecified atom stereocenters. The lowest BCUT2D eigenvalue weighted by atomic mass is 9.93. The van der Waals surface area contributed by atoms with Gasteiger partial charge >= 0.3 is 0 Å². The fourth-order valence-electron chi connectivity index (χ4n) is 3.32. The first kappa shape index (κ1) is 16.4. The molecule has 2 rings (SSSR count). The Bertz CT molecular complexity index is 453. The van der Waals surface area contributed by atoms with Crippen LogP contribution in [0, 0.1) is 24.5 Å². The maximum absolute atomic E-state index is 14.2. The predicted molar refractivity (Wildman–Crippen MR) is 83.3 cm³/mol. The molecule has 1 atom stereocenters. The summed E-state index contributed by atoms with van der Waals surface area (Å²) in [5.41, 5.74) is 0.867. The van der Waals surface area contributed by atoms with Gasteiger partial charge in [0.25, 0.3) is 0 Å². The summed E-state index contributed by atoms with van der Waals surface area (Å²) in [7, 11) is 0. The fourth-order valence-corrected chi connectivity index (χ4v) is 3.32. The lowest BCUT2D eigenvalue weighted by Gasteiger charge is -2.22. The van der Waals surface area contributed by atoms with Crippen molar-refractivity contribution in [2.45, 2.75) is 64.8 Å². The average Bonchev–Trinajstić information content (AvgIpc) is 2.99. The molecule has 118 valence electrons. The van der Waals surface area contributed by atoms with Crippen LogP contribution >= 0.6 is 0 Å². The van der Waals surface area contributed by atoms with E-state index in [1.54, 1.807) is 19.1 Å². The highest BCUT2D eigenvalue weighted by Crippen LogP contribution is 2.32. The highest BCUT2D eigenvalue weighted by molar-refractivity contribution is 5.28. The van der Waals surface area contributed by atoms with Crippen LogP contribution in [-0.4, -0.2) is 6.54 Å². The summed E-state index contributed by atoms with van der Waals surface area (Å²) < 4.78 is 28.0. The predicted octanol–water partition coefficient (Wildman–Crippen LogP) is 5.28. The van der Waals surface area contributed by atoms with E-state index in [1.165, 1.54) is 25.7 Å². The summed E-state index contributed by atoms with van der Waals surface area (Å²) in [6.45, 7) is 4.53. The maximum atomic E-state index is 14.2. The van der Waals surface area contributed by atoms with Gasteiger partial charge in [-0.05, 0) is 44.2 Å². The molecule has 0 radical (unpaired) electrons. The van der Waals surface area contributed by atoms with E-state index >= 15 is 0 Å². The van der Waals surface area contributed by atoms with Crippen molar-refractivity contribution in [3.63, 3.8) is 0 Å².